The quantitative estimate of drug-likeness (QED) is 0.624. The predicted molar refractivity (Wildman–Crippen MR) is 112 cm³/mol. The van der Waals surface area contributed by atoms with E-state index in [0.29, 0.717) is 0 Å². The summed E-state index contributed by atoms with van der Waals surface area (Å²) in [4.78, 5) is 17.1. The molecule has 1 fully saturated rings. The molecule has 5 nitrogen and oxygen atoms in total. The number of halogens is 3. The minimum atomic E-state index is -0.761. The van der Waals surface area contributed by atoms with Gasteiger partial charge in [-0.15, -0.1) is 0 Å². The number of hydrogen-bond donors (Lipinski definition) is 0. The van der Waals surface area contributed by atoms with Gasteiger partial charge in [-0.1, -0.05) is 0 Å². The molecular weight excluding hydrogens is 405 g/mol. The summed E-state index contributed by atoms with van der Waals surface area (Å²) in [7, 11) is 3.39. The number of rotatable bonds is 4. The standard InChI is InChI=1S/C23H23F3N4O/c1-28-14-20(22(27-28)19-8-5-16(25)13-21(19)26)23(31)29(2)17-9-11-30(12-10-17)18-6-3-15(24)4-7-18/h3-8,13-14,17H,9-12H2,1-2H3. The number of amides is 1. The van der Waals surface area contributed by atoms with E-state index in [0.717, 1.165) is 43.8 Å². The Morgan fingerprint density at radius 1 is 1.03 bits per heavy atom. The fourth-order valence-electron chi connectivity index (χ4n) is 4.04. The highest BCUT2D eigenvalue weighted by molar-refractivity contribution is 6.00. The molecule has 8 heteroatoms. The SMILES string of the molecule is CN(C(=O)c1cn(C)nc1-c1ccc(F)cc1F)C1CCN(c2ccc(F)cc2)CC1. The van der Waals surface area contributed by atoms with E-state index in [2.05, 4.69) is 10.00 Å². The van der Waals surface area contributed by atoms with Crippen LogP contribution in [0.3, 0.4) is 0 Å². The van der Waals surface area contributed by atoms with E-state index in [1.807, 2.05) is 0 Å². The van der Waals surface area contributed by atoms with Crippen molar-refractivity contribution in [2.24, 2.45) is 7.05 Å². The van der Waals surface area contributed by atoms with Crippen molar-refractivity contribution < 1.29 is 18.0 Å². The number of anilines is 1. The van der Waals surface area contributed by atoms with Gasteiger partial charge in [-0.2, -0.15) is 5.10 Å². The zero-order chi connectivity index (χ0) is 22.1. The maximum absolute atomic E-state index is 14.3. The number of hydrogen-bond acceptors (Lipinski definition) is 3. The highest BCUT2D eigenvalue weighted by Crippen LogP contribution is 2.28. The molecule has 1 aromatic heterocycles. The first-order valence-electron chi connectivity index (χ1n) is 10.1. The van der Waals surface area contributed by atoms with Crippen LogP contribution in [0.2, 0.25) is 0 Å². The van der Waals surface area contributed by atoms with Gasteiger partial charge in [0, 0.05) is 56.7 Å². The summed E-state index contributed by atoms with van der Waals surface area (Å²) in [6.45, 7) is 1.47. The monoisotopic (exact) mass is 428 g/mol. The summed E-state index contributed by atoms with van der Waals surface area (Å²) in [5.41, 5.74) is 1.51. The first-order valence-corrected chi connectivity index (χ1v) is 10.1. The molecule has 4 rings (SSSR count). The molecule has 0 unspecified atom stereocenters. The molecule has 1 amide bonds. The summed E-state index contributed by atoms with van der Waals surface area (Å²) >= 11 is 0. The smallest absolute Gasteiger partial charge is 0.257 e. The molecule has 2 heterocycles. The topological polar surface area (TPSA) is 41.4 Å². The van der Waals surface area contributed by atoms with E-state index in [-0.39, 0.29) is 34.6 Å². The van der Waals surface area contributed by atoms with E-state index < -0.39 is 11.6 Å². The molecule has 0 bridgehead atoms. The minimum absolute atomic E-state index is 0.00955. The molecule has 0 N–H and O–H groups in total. The van der Waals surface area contributed by atoms with Gasteiger partial charge >= 0.3 is 0 Å². The van der Waals surface area contributed by atoms with E-state index in [4.69, 9.17) is 0 Å². The highest BCUT2D eigenvalue weighted by Gasteiger charge is 2.29. The third-order valence-corrected chi connectivity index (χ3v) is 5.77. The highest BCUT2D eigenvalue weighted by atomic mass is 19.1. The number of aryl methyl sites for hydroxylation is 1. The molecule has 0 radical (unpaired) electrons. The molecule has 0 saturated carbocycles. The van der Waals surface area contributed by atoms with Crippen molar-refractivity contribution in [2.45, 2.75) is 18.9 Å². The Morgan fingerprint density at radius 3 is 2.32 bits per heavy atom. The van der Waals surface area contributed by atoms with E-state index >= 15 is 0 Å². The van der Waals surface area contributed by atoms with Crippen LogP contribution in [0.25, 0.3) is 11.3 Å². The van der Waals surface area contributed by atoms with Crippen molar-refractivity contribution in [2.75, 3.05) is 25.0 Å². The number of piperidine rings is 1. The second-order valence-corrected chi connectivity index (χ2v) is 7.80. The van der Waals surface area contributed by atoms with Crippen molar-refractivity contribution in [3.05, 3.63) is 71.7 Å². The van der Waals surface area contributed by atoms with Gasteiger partial charge < -0.3 is 9.80 Å². The Morgan fingerprint density at radius 2 is 1.68 bits per heavy atom. The van der Waals surface area contributed by atoms with Crippen LogP contribution in [-0.4, -0.2) is 46.8 Å². The zero-order valence-corrected chi connectivity index (χ0v) is 17.4. The van der Waals surface area contributed by atoms with Crippen LogP contribution < -0.4 is 4.90 Å². The first kappa shape index (κ1) is 21.0. The average Bonchev–Trinajstić information content (AvgIpc) is 3.14. The number of aromatic nitrogens is 2. The molecule has 162 valence electrons. The Hall–Kier alpha value is -3.29. The number of nitrogens with zero attached hydrogens (tertiary/aromatic N) is 4. The third-order valence-electron chi connectivity index (χ3n) is 5.77. The Balaban J connectivity index is 1.50. The predicted octanol–water partition coefficient (Wildman–Crippen LogP) is 4.25. The van der Waals surface area contributed by atoms with Gasteiger partial charge in [-0.25, -0.2) is 13.2 Å². The van der Waals surface area contributed by atoms with Gasteiger partial charge in [0.1, 0.15) is 23.1 Å². The van der Waals surface area contributed by atoms with Crippen LogP contribution in [0, 0.1) is 17.5 Å². The van der Waals surface area contributed by atoms with Crippen LogP contribution in [-0.2, 0) is 7.05 Å². The van der Waals surface area contributed by atoms with Crippen LogP contribution in [0.4, 0.5) is 18.9 Å². The van der Waals surface area contributed by atoms with E-state index in [1.165, 1.54) is 22.9 Å². The normalized spacial score (nSPS) is 14.7. The zero-order valence-electron chi connectivity index (χ0n) is 17.4. The second-order valence-electron chi connectivity index (χ2n) is 7.80. The van der Waals surface area contributed by atoms with Gasteiger partial charge in [0.05, 0.1) is 5.56 Å². The third kappa shape index (κ3) is 4.28. The molecule has 0 atom stereocenters. The molecule has 1 saturated heterocycles. The minimum Gasteiger partial charge on any atom is -0.371 e. The maximum Gasteiger partial charge on any atom is 0.257 e. The lowest BCUT2D eigenvalue weighted by atomic mass is 10.0. The van der Waals surface area contributed by atoms with Gasteiger partial charge in [-0.05, 0) is 49.2 Å². The molecule has 2 aromatic carbocycles. The Kier molecular flexibility index (Phi) is 5.71. The molecule has 1 aliphatic heterocycles. The molecule has 1 aliphatic rings. The van der Waals surface area contributed by atoms with E-state index in [9.17, 15) is 18.0 Å². The van der Waals surface area contributed by atoms with Crippen molar-refractivity contribution in [1.29, 1.82) is 0 Å². The summed E-state index contributed by atoms with van der Waals surface area (Å²) in [5.74, 6) is -1.97. The van der Waals surface area contributed by atoms with Crippen molar-refractivity contribution in [1.82, 2.24) is 14.7 Å². The second kappa shape index (κ2) is 8.45. The molecule has 0 aliphatic carbocycles. The lowest BCUT2D eigenvalue weighted by Gasteiger charge is -2.37. The molecule has 3 aromatic rings. The number of benzene rings is 2. The average molecular weight is 428 g/mol. The fraction of sp³-hybridized carbons (Fsp3) is 0.304. The summed E-state index contributed by atoms with van der Waals surface area (Å²) < 4.78 is 42.3. The largest absolute Gasteiger partial charge is 0.371 e. The molecular formula is C23H23F3N4O. The van der Waals surface area contributed by atoms with Gasteiger partial charge in [0.15, 0.2) is 0 Å². The lowest BCUT2D eigenvalue weighted by molar-refractivity contribution is 0.0710. The van der Waals surface area contributed by atoms with Crippen LogP contribution in [0.1, 0.15) is 23.2 Å². The number of carbonyl (C=O) groups is 1. The van der Waals surface area contributed by atoms with Gasteiger partial charge in [-0.3, -0.25) is 9.48 Å². The number of carbonyl (C=O) groups excluding carboxylic acids is 1. The molecule has 31 heavy (non-hydrogen) atoms. The van der Waals surface area contributed by atoms with Gasteiger partial charge in [0.25, 0.3) is 5.91 Å². The van der Waals surface area contributed by atoms with E-state index in [1.54, 1.807) is 37.3 Å². The molecule has 0 spiro atoms. The van der Waals surface area contributed by atoms with Crippen LogP contribution >= 0.6 is 0 Å². The Labute approximate surface area is 178 Å². The van der Waals surface area contributed by atoms with Gasteiger partial charge in [0.2, 0.25) is 0 Å². The van der Waals surface area contributed by atoms with Crippen molar-refractivity contribution >= 4 is 11.6 Å². The summed E-state index contributed by atoms with van der Waals surface area (Å²) in [6, 6.07) is 9.63. The van der Waals surface area contributed by atoms with Crippen LogP contribution in [0.5, 0.6) is 0 Å². The van der Waals surface area contributed by atoms with Crippen LogP contribution in [0.15, 0.2) is 48.7 Å². The maximum atomic E-state index is 14.3. The summed E-state index contributed by atoms with van der Waals surface area (Å²) in [5, 5.41) is 4.25. The summed E-state index contributed by atoms with van der Waals surface area (Å²) in [6.07, 6.45) is 3.06. The van der Waals surface area contributed by atoms with Crippen molar-refractivity contribution in [3.63, 3.8) is 0 Å². The first-order chi connectivity index (χ1) is 14.8. The fourth-order valence-corrected chi connectivity index (χ4v) is 4.04. The lowest BCUT2D eigenvalue weighted by Crippen LogP contribution is -2.45. The Bertz CT molecular complexity index is 1090. The van der Waals surface area contributed by atoms with Crippen molar-refractivity contribution in [3.8, 4) is 11.3 Å².